The highest BCUT2D eigenvalue weighted by Crippen LogP contribution is 2.25. The van der Waals surface area contributed by atoms with Crippen molar-refractivity contribution in [2.24, 2.45) is 0 Å². The van der Waals surface area contributed by atoms with Gasteiger partial charge < -0.3 is 10.1 Å². The number of carbonyl (C=O) groups excluding carboxylic acids is 1. The molecule has 3 heteroatoms. The van der Waals surface area contributed by atoms with Crippen molar-refractivity contribution in [2.45, 2.75) is 38.1 Å². The van der Waals surface area contributed by atoms with Gasteiger partial charge in [0.15, 0.2) is 0 Å². The summed E-state index contributed by atoms with van der Waals surface area (Å²) >= 11 is 0. The first-order valence-electron chi connectivity index (χ1n) is 6.73. The Balaban J connectivity index is 2.16. The summed E-state index contributed by atoms with van der Waals surface area (Å²) in [6.07, 6.45) is 3.79. The van der Waals surface area contributed by atoms with Crippen LogP contribution in [0.3, 0.4) is 0 Å². The van der Waals surface area contributed by atoms with E-state index in [2.05, 4.69) is 17.4 Å². The second-order valence-electron chi connectivity index (χ2n) is 4.85. The molecule has 1 unspecified atom stereocenters. The van der Waals surface area contributed by atoms with Crippen LogP contribution in [0, 0.1) is 0 Å². The molecule has 1 atom stereocenters. The van der Waals surface area contributed by atoms with Gasteiger partial charge in [-0.2, -0.15) is 0 Å². The van der Waals surface area contributed by atoms with Gasteiger partial charge in [-0.25, -0.2) is 0 Å². The minimum atomic E-state index is -0.518. The van der Waals surface area contributed by atoms with Crippen LogP contribution in [-0.2, 0) is 16.0 Å². The Labute approximate surface area is 109 Å². The van der Waals surface area contributed by atoms with E-state index >= 15 is 0 Å². The Morgan fingerprint density at radius 2 is 2.11 bits per heavy atom. The number of nitrogens with one attached hydrogen (secondary N) is 1. The van der Waals surface area contributed by atoms with Crippen molar-refractivity contribution >= 4 is 5.97 Å². The average Bonchev–Trinajstić information content (AvgIpc) is 2.41. The first-order valence-corrected chi connectivity index (χ1v) is 6.73. The highest BCUT2D eigenvalue weighted by Gasteiger charge is 2.40. The molecule has 0 bridgehead atoms. The summed E-state index contributed by atoms with van der Waals surface area (Å²) in [5.74, 6) is -0.103. The molecule has 0 radical (unpaired) electrons. The molecule has 1 N–H and O–H groups in total. The average molecular weight is 247 g/mol. The Hall–Kier alpha value is -1.35. The third kappa shape index (κ3) is 2.91. The Morgan fingerprint density at radius 3 is 2.72 bits per heavy atom. The van der Waals surface area contributed by atoms with Crippen molar-refractivity contribution < 1.29 is 9.53 Å². The monoisotopic (exact) mass is 247 g/mol. The van der Waals surface area contributed by atoms with Gasteiger partial charge in [-0.3, -0.25) is 4.79 Å². The van der Waals surface area contributed by atoms with Gasteiger partial charge in [-0.15, -0.1) is 0 Å². The largest absolute Gasteiger partial charge is 0.465 e. The number of benzene rings is 1. The van der Waals surface area contributed by atoms with Gasteiger partial charge in [0.25, 0.3) is 0 Å². The molecule has 98 valence electrons. The van der Waals surface area contributed by atoms with Gasteiger partial charge in [-0.05, 0) is 38.3 Å². The van der Waals surface area contributed by atoms with E-state index in [4.69, 9.17) is 4.74 Å². The highest BCUT2D eigenvalue weighted by molar-refractivity contribution is 5.81. The smallest absolute Gasteiger partial charge is 0.326 e. The highest BCUT2D eigenvalue weighted by atomic mass is 16.5. The van der Waals surface area contributed by atoms with Crippen LogP contribution in [0.2, 0.25) is 0 Å². The Bertz CT molecular complexity index is 383. The predicted octanol–water partition coefficient (Wildman–Crippen LogP) is 2.30. The molecule has 0 aromatic heterocycles. The standard InChI is InChI=1S/C15H21NO2/c1-2-18-14(17)15(10-6-7-11-16-15)12-13-8-4-3-5-9-13/h3-5,8-9,16H,2,6-7,10-12H2,1H3. The molecule has 1 aromatic carbocycles. The molecule has 1 heterocycles. The number of carbonyl (C=O) groups is 1. The van der Waals surface area contributed by atoms with Gasteiger partial charge in [0.1, 0.15) is 5.54 Å². The topological polar surface area (TPSA) is 38.3 Å². The zero-order chi connectivity index (χ0) is 12.8. The lowest BCUT2D eigenvalue weighted by molar-refractivity contribution is -0.152. The van der Waals surface area contributed by atoms with Gasteiger partial charge >= 0.3 is 5.97 Å². The van der Waals surface area contributed by atoms with E-state index in [0.717, 1.165) is 25.8 Å². The second kappa shape index (κ2) is 6.01. The fraction of sp³-hybridized carbons (Fsp3) is 0.533. The predicted molar refractivity (Wildman–Crippen MR) is 71.4 cm³/mol. The quantitative estimate of drug-likeness (QED) is 0.830. The van der Waals surface area contributed by atoms with Crippen LogP contribution in [0.4, 0.5) is 0 Å². The summed E-state index contributed by atoms with van der Waals surface area (Å²) in [6, 6.07) is 10.2. The molecule has 1 aromatic rings. The molecular weight excluding hydrogens is 226 g/mol. The van der Waals surface area contributed by atoms with E-state index in [9.17, 15) is 4.79 Å². The first-order chi connectivity index (χ1) is 8.77. The van der Waals surface area contributed by atoms with Crippen molar-refractivity contribution in [3.05, 3.63) is 35.9 Å². The van der Waals surface area contributed by atoms with Crippen LogP contribution in [0.5, 0.6) is 0 Å². The second-order valence-corrected chi connectivity index (χ2v) is 4.85. The Kier molecular flexibility index (Phi) is 4.37. The fourth-order valence-corrected chi connectivity index (χ4v) is 2.58. The fourth-order valence-electron chi connectivity index (χ4n) is 2.58. The van der Waals surface area contributed by atoms with Crippen LogP contribution >= 0.6 is 0 Å². The molecule has 3 nitrogen and oxygen atoms in total. The molecule has 1 aliphatic rings. The van der Waals surface area contributed by atoms with Gasteiger partial charge in [0.05, 0.1) is 6.61 Å². The van der Waals surface area contributed by atoms with Crippen LogP contribution in [-0.4, -0.2) is 24.7 Å². The lowest BCUT2D eigenvalue weighted by Gasteiger charge is -2.36. The van der Waals surface area contributed by atoms with Crippen molar-refractivity contribution in [3.63, 3.8) is 0 Å². The number of esters is 1. The summed E-state index contributed by atoms with van der Waals surface area (Å²) in [5.41, 5.74) is 0.662. The number of hydrogen-bond donors (Lipinski definition) is 1. The van der Waals surface area contributed by atoms with E-state index in [1.54, 1.807) is 0 Å². The van der Waals surface area contributed by atoms with Crippen LogP contribution < -0.4 is 5.32 Å². The summed E-state index contributed by atoms with van der Waals surface area (Å²) in [4.78, 5) is 12.2. The minimum absolute atomic E-state index is 0.103. The van der Waals surface area contributed by atoms with Gasteiger partial charge in [-0.1, -0.05) is 30.3 Å². The molecule has 1 saturated heterocycles. The first kappa shape index (κ1) is 13.1. The molecular formula is C15H21NO2. The van der Waals surface area contributed by atoms with Crippen LogP contribution in [0.1, 0.15) is 31.7 Å². The zero-order valence-electron chi connectivity index (χ0n) is 10.9. The van der Waals surface area contributed by atoms with E-state index in [1.165, 1.54) is 5.56 Å². The SMILES string of the molecule is CCOC(=O)C1(Cc2ccccc2)CCCCN1. The van der Waals surface area contributed by atoms with Crippen LogP contribution in [0.25, 0.3) is 0 Å². The van der Waals surface area contributed by atoms with Crippen molar-refractivity contribution in [1.29, 1.82) is 0 Å². The normalized spacial score (nSPS) is 23.6. The van der Waals surface area contributed by atoms with Crippen molar-refractivity contribution in [1.82, 2.24) is 5.32 Å². The van der Waals surface area contributed by atoms with E-state index in [-0.39, 0.29) is 5.97 Å². The lowest BCUT2D eigenvalue weighted by Crippen LogP contribution is -2.57. The molecule has 0 aliphatic carbocycles. The molecule has 18 heavy (non-hydrogen) atoms. The minimum Gasteiger partial charge on any atom is -0.465 e. The molecule has 2 rings (SSSR count). The summed E-state index contributed by atoms with van der Waals surface area (Å²) in [5, 5.41) is 3.39. The molecule has 0 spiro atoms. The Morgan fingerprint density at radius 1 is 1.33 bits per heavy atom. The maximum Gasteiger partial charge on any atom is 0.326 e. The number of rotatable bonds is 4. The van der Waals surface area contributed by atoms with Crippen molar-refractivity contribution in [3.8, 4) is 0 Å². The molecule has 1 fully saturated rings. The third-order valence-corrected chi connectivity index (χ3v) is 3.51. The number of hydrogen-bond acceptors (Lipinski definition) is 3. The van der Waals surface area contributed by atoms with E-state index in [0.29, 0.717) is 13.0 Å². The summed E-state index contributed by atoms with van der Waals surface area (Å²) in [7, 11) is 0. The molecule has 0 saturated carbocycles. The van der Waals surface area contributed by atoms with E-state index < -0.39 is 5.54 Å². The third-order valence-electron chi connectivity index (χ3n) is 3.51. The van der Waals surface area contributed by atoms with Crippen LogP contribution in [0.15, 0.2) is 30.3 Å². The number of piperidine rings is 1. The van der Waals surface area contributed by atoms with Crippen molar-refractivity contribution in [2.75, 3.05) is 13.2 Å². The van der Waals surface area contributed by atoms with Gasteiger partial charge in [0, 0.05) is 6.42 Å². The molecule has 1 aliphatic heterocycles. The molecule has 0 amide bonds. The summed E-state index contributed by atoms with van der Waals surface area (Å²) in [6.45, 7) is 3.19. The maximum absolute atomic E-state index is 12.2. The number of ether oxygens (including phenoxy) is 1. The summed E-state index contributed by atoms with van der Waals surface area (Å²) < 4.78 is 5.26. The zero-order valence-corrected chi connectivity index (χ0v) is 10.9. The van der Waals surface area contributed by atoms with Gasteiger partial charge in [0.2, 0.25) is 0 Å². The maximum atomic E-state index is 12.2. The van der Waals surface area contributed by atoms with E-state index in [1.807, 2.05) is 25.1 Å². The lowest BCUT2D eigenvalue weighted by atomic mass is 9.83.